The van der Waals surface area contributed by atoms with Crippen LogP contribution in [0.1, 0.15) is 6.42 Å². The van der Waals surface area contributed by atoms with Crippen LogP contribution in [0.15, 0.2) is 12.3 Å². The Labute approximate surface area is 82.9 Å². The molecule has 0 saturated carbocycles. The molecule has 0 aromatic heterocycles. The second kappa shape index (κ2) is 4.63. The topological polar surface area (TPSA) is 65.4 Å². The maximum absolute atomic E-state index is 11.4. The first-order valence-electron chi connectivity index (χ1n) is 4.33. The van der Waals surface area contributed by atoms with Gasteiger partial charge in [0, 0.05) is 12.2 Å². The molecule has 1 saturated heterocycles. The van der Waals surface area contributed by atoms with Gasteiger partial charge in [0.25, 0.3) is 0 Å². The molecule has 0 bridgehead atoms. The summed E-state index contributed by atoms with van der Waals surface area (Å²) in [5, 5.41) is 11.2. The average Bonchev–Trinajstić information content (AvgIpc) is 2.18. The smallest absolute Gasteiger partial charge is 0.345 e. The lowest BCUT2D eigenvalue weighted by Crippen LogP contribution is -2.53. The molecule has 0 aromatic carbocycles. The highest BCUT2D eigenvalue weighted by molar-refractivity contribution is 5.75. The van der Waals surface area contributed by atoms with E-state index < -0.39 is 12.1 Å². The summed E-state index contributed by atoms with van der Waals surface area (Å²) in [5.74, 6) is -0.435. The summed E-state index contributed by atoms with van der Waals surface area (Å²) in [6, 6.07) is 1.75. The van der Waals surface area contributed by atoms with E-state index in [2.05, 4.69) is 11.9 Å². The number of nitrogens with one attached hydrogen (secondary N) is 1. The number of likely N-dealkylation sites (N-methyl/N-ethyl adjacent to an activating group) is 1. The molecule has 1 heterocycles. The largest absolute Gasteiger partial charge is 0.448 e. The Hall–Kier alpha value is -1.54. The van der Waals surface area contributed by atoms with Crippen molar-refractivity contribution in [3.63, 3.8) is 0 Å². The summed E-state index contributed by atoms with van der Waals surface area (Å²) >= 11 is 0. The van der Waals surface area contributed by atoms with Crippen LogP contribution in [0, 0.1) is 11.3 Å². The van der Waals surface area contributed by atoms with Gasteiger partial charge in [-0.3, -0.25) is 4.90 Å². The molecule has 0 aliphatic carbocycles. The molecule has 0 radical (unpaired) electrons. The normalized spacial score (nSPS) is 22.3. The Kier molecular flexibility index (Phi) is 3.48. The lowest BCUT2D eigenvalue weighted by Gasteiger charge is -2.33. The third-order valence-electron chi connectivity index (χ3n) is 2.05. The highest BCUT2D eigenvalue weighted by Gasteiger charge is 2.27. The van der Waals surface area contributed by atoms with E-state index >= 15 is 0 Å². The average molecular weight is 195 g/mol. The van der Waals surface area contributed by atoms with E-state index in [1.807, 2.05) is 11.9 Å². The van der Waals surface area contributed by atoms with Crippen molar-refractivity contribution in [3.8, 4) is 6.07 Å². The highest BCUT2D eigenvalue weighted by atomic mass is 16.5. The summed E-state index contributed by atoms with van der Waals surface area (Å²) in [7, 11) is 1.82. The van der Waals surface area contributed by atoms with E-state index in [0.29, 0.717) is 0 Å². The lowest BCUT2D eigenvalue weighted by molar-refractivity contribution is -0.149. The van der Waals surface area contributed by atoms with Crippen LogP contribution in [0.3, 0.4) is 0 Å². The maximum atomic E-state index is 11.4. The van der Waals surface area contributed by atoms with E-state index in [1.54, 1.807) is 6.07 Å². The first-order chi connectivity index (χ1) is 6.65. The third-order valence-corrected chi connectivity index (χ3v) is 2.05. The number of carbonyl (C=O) groups excluding carboxylic acids is 1. The van der Waals surface area contributed by atoms with Crippen LogP contribution in [0.2, 0.25) is 0 Å². The van der Waals surface area contributed by atoms with Gasteiger partial charge in [-0.05, 0) is 13.5 Å². The molecule has 1 N–H and O–H groups in total. The summed E-state index contributed by atoms with van der Waals surface area (Å²) in [5.41, 5.74) is 0.821. The number of carbonyl (C=O) groups is 1. The number of nitriles is 1. The second-order valence-electron chi connectivity index (χ2n) is 3.15. The number of nitrogens with zero attached hydrogens (tertiary/aromatic N) is 2. The molecule has 0 amide bonds. The standard InChI is InChI=1S/C9H13N3O2/c1-7-3-5-12(2)8(11-7)9(13)14-6-4-10/h8,11H,1,3,5-6H2,2H3. The molecule has 5 heteroatoms. The minimum absolute atomic E-state index is 0.211. The molecule has 1 aliphatic rings. The van der Waals surface area contributed by atoms with Gasteiger partial charge in [-0.2, -0.15) is 5.26 Å². The van der Waals surface area contributed by atoms with Gasteiger partial charge in [0.1, 0.15) is 6.07 Å². The summed E-state index contributed by atoms with van der Waals surface area (Å²) in [6.45, 7) is 4.30. The molecule has 1 aliphatic heterocycles. The van der Waals surface area contributed by atoms with Crippen LogP contribution in [-0.4, -0.2) is 37.2 Å². The molecule has 14 heavy (non-hydrogen) atoms. The van der Waals surface area contributed by atoms with Gasteiger partial charge < -0.3 is 10.1 Å². The molecule has 5 nitrogen and oxygen atoms in total. The Morgan fingerprint density at radius 3 is 3.29 bits per heavy atom. The van der Waals surface area contributed by atoms with Crippen molar-refractivity contribution in [2.75, 3.05) is 20.2 Å². The number of esters is 1. The van der Waals surface area contributed by atoms with Crippen LogP contribution < -0.4 is 5.32 Å². The molecular weight excluding hydrogens is 182 g/mol. The molecule has 1 fully saturated rings. The summed E-state index contributed by atoms with van der Waals surface area (Å²) < 4.78 is 4.70. The number of ether oxygens (including phenoxy) is 1. The van der Waals surface area contributed by atoms with Gasteiger partial charge in [0.15, 0.2) is 12.8 Å². The van der Waals surface area contributed by atoms with Gasteiger partial charge >= 0.3 is 5.97 Å². The second-order valence-corrected chi connectivity index (χ2v) is 3.15. The van der Waals surface area contributed by atoms with Crippen LogP contribution in [0.5, 0.6) is 0 Å². The SMILES string of the molecule is C=C1CCN(C)C(C(=O)OCC#N)N1. The van der Waals surface area contributed by atoms with Crippen molar-refractivity contribution in [2.45, 2.75) is 12.6 Å². The van der Waals surface area contributed by atoms with E-state index in [-0.39, 0.29) is 6.61 Å². The first-order valence-corrected chi connectivity index (χ1v) is 4.33. The third kappa shape index (κ3) is 2.47. The Morgan fingerprint density at radius 2 is 2.64 bits per heavy atom. The van der Waals surface area contributed by atoms with Gasteiger partial charge in [0.05, 0.1) is 0 Å². The fraction of sp³-hybridized carbons (Fsp3) is 0.556. The van der Waals surface area contributed by atoms with Gasteiger partial charge in [-0.1, -0.05) is 6.58 Å². The van der Waals surface area contributed by atoms with Crippen LogP contribution in [0.4, 0.5) is 0 Å². The zero-order valence-corrected chi connectivity index (χ0v) is 8.12. The fourth-order valence-corrected chi connectivity index (χ4v) is 1.24. The minimum Gasteiger partial charge on any atom is -0.448 e. The van der Waals surface area contributed by atoms with E-state index in [9.17, 15) is 4.79 Å². The van der Waals surface area contributed by atoms with Crippen molar-refractivity contribution in [1.82, 2.24) is 10.2 Å². The number of hydrogen-bond acceptors (Lipinski definition) is 5. The van der Waals surface area contributed by atoms with Crippen molar-refractivity contribution in [3.05, 3.63) is 12.3 Å². The van der Waals surface area contributed by atoms with Gasteiger partial charge in [-0.25, -0.2) is 4.79 Å². The molecule has 1 unspecified atom stereocenters. The summed E-state index contributed by atoms with van der Waals surface area (Å²) in [4.78, 5) is 13.2. The van der Waals surface area contributed by atoms with Crippen LogP contribution >= 0.6 is 0 Å². The Morgan fingerprint density at radius 1 is 1.93 bits per heavy atom. The molecule has 1 atom stereocenters. The minimum atomic E-state index is -0.510. The maximum Gasteiger partial charge on any atom is 0.345 e. The van der Waals surface area contributed by atoms with Crippen LogP contribution in [-0.2, 0) is 9.53 Å². The lowest BCUT2D eigenvalue weighted by atomic mass is 10.2. The molecular formula is C9H13N3O2. The highest BCUT2D eigenvalue weighted by Crippen LogP contribution is 2.09. The van der Waals surface area contributed by atoms with Crippen molar-refractivity contribution in [1.29, 1.82) is 5.26 Å². The van der Waals surface area contributed by atoms with Crippen molar-refractivity contribution in [2.24, 2.45) is 0 Å². The summed E-state index contributed by atoms with van der Waals surface area (Å²) in [6.07, 6.45) is 0.308. The Balaban J connectivity index is 2.52. The molecule has 0 spiro atoms. The molecule has 0 aromatic rings. The van der Waals surface area contributed by atoms with Gasteiger partial charge in [-0.15, -0.1) is 0 Å². The van der Waals surface area contributed by atoms with Crippen LogP contribution in [0.25, 0.3) is 0 Å². The molecule has 1 rings (SSSR count). The predicted molar refractivity (Wildman–Crippen MR) is 49.9 cm³/mol. The zero-order chi connectivity index (χ0) is 10.6. The number of rotatable bonds is 2. The van der Waals surface area contributed by atoms with E-state index in [1.165, 1.54) is 0 Å². The monoisotopic (exact) mass is 195 g/mol. The fourth-order valence-electron chi connectivity index (χ4n) is 1.24. The van der Waals surface area contributed by atoms with E-state index in [0.717, 1.165) is 18.7 Å². The predicted octanol–water partition coefficient (Wildman–Crippen LogP) is -0.182. The van der Waals surface area contributed by atoms with E-state index in [4.69, 9.17) is 10.00 Å². The van der Waals surface area contributed by atoms with Crippen molar-refractivity contribution < 1.29 is 9.53 Å². The van der Waals surface area contributed by atoms with Gasteiger partial charge in [0.2, 0.25) is 0 Å². The first kappa shape index (κ1) is 10.5. The quantitative estimate of drug-likeness (QED) is 0.619. The zero-order valence-electron chi connectivity index (χ0n) is 8.12. The van der Waals surface area contributed by atoms with Crippen molar-refractivity contribution >= 4 is 5.97 Å². The number of hydrogen-bond donors (Lipinski definition) is 1. The molecule has 76 valence electrons. The Bertz CT molecular complexity index is 282.